The predicted octanol–water partition coefficient (Wildman–Crippen LogP) is 2.83. The molecular weight excluding hydrogens is 204 g/mol. The standard InChI is InChI=1S/C12H10N2O2/c1-15-9-2-3-10-11(6-9)14-12(13-10)8-4-5-16-7-8/h2-7H,1H3,(H,13,14). The number of aromatic nitrogens is 2. The highest BCUT2D eigenvalue weighted by Crippen LogP contribution is 2.23. The molecule has 1 N–H and O–H groups in total. The van der Waals surface area contributed by atoms with Crippen LogP contribution in [0.1, 0.15) is 0 Å². The number of ether oxygens (including phenoxy) is 1. The fourth-order valence-electron chi connectivity index (χ4n) is 1.65. The van der Waals surface area contributed by atoms with E-state index in [1.165, 1.54) is 0 Å². The lowest BCUT2D eigenvalue weighted by Crippen LogP contribution is -1.81. The van der Waals surface area contributed by atoms with Gasteiger partial charge in [0.1, 0.15) is 17.8 Å². The number of nitrogens with one attached hydrogen (secondary N) is 1. The van der Waals surface area contributed by atoms with Gasteiger partial charge >= 0.3 is 0 Å². The number of fused-ring (bicyclic) bond motifs is 1. The zero-order chi connectivity index (χ0) is 11.0. The number of benzene rings is 1. The Bertz CT molecular complexity index is 611. The average Bonchev–Trinajstić information content (AvgIpc) is 2.96. The van der Waals surface area contributed by atoms with Crippen LogP contribution in [0.25, 0.3) is 22.4 Å². The van der Waals surface area contributed by atoms with Crippen molar-refractivity contribution in [2.24, 2.45) is 0 Å². The maximum absolute atomic E-state index is 5.16. The summed E-state index contributed by atoms with van der Waals surface area (Å²) in [6.45, 7) is 0. The molecule has 0 aliphatic rings. The highest BCUT2D eigenvalue weighted by Gasteiger charge is 2.06. The smallest absolute Gasteiger partial charge is 0.141 e. The van der Waals surface area contributed by atoms with Crippen LogP contribution in [0.4, 0.5) is 0 Å². The number of methoxy groups -OCH3 is 1. The molecule has 0 saturated heterocycles. The van der Waals surface area contributed by atoms with Crippen LogP contribution in [-0.4, -0.2) is 17.1 Å². The maximum atomic E-state index is 5.16. The molecule has 0 atom stereocenters. The van der Waals surface area contributed by atoms with Crippen molar-refractivity contribution in [2.45, 2.75) is 0 Å². The number of hydrogen-bond acceptors (Lipinski definition) is 3. The fourth-order valence-corrected chi connectivity index (χ4v) is 1.65. The number of H-pyrrole nitrogens is 1. The monoisotopic (exact) mass is 214 g/mol. The molecule has 80 valence electrons. The molecule has 0 bridgehead atoms. The van der Waals surface area contributed by atoms with Crippen molar-refractivity contribution in [1.29, 1.82) is 0 Å². The minimum absolute atomic E-state index is 0.803. The van der Waals surface area contributed by atoms with Crippen LogP contribution in [0.15, 0.2) is 41.2 Å². The summed E-state index contributed by atoms with van der Waals surface area (Å²) in [4.78, 5) is 7.68. The van der Waals surface area contributed by atoms with E-state index in [4.69, 9.17) is 9.15 Å². The number of aromatic amines is 1. The van der Waals surface area contributed by atoms with Crippen molar-refractivity contribution < 1.29 is 9.15 Å². The van der Waals surface area contributed by atoms with Gasteiger partial charge in [-0.2, -0.15) is 0 Å². The summed E-state index contributed by atoms with van der Waals surface area (Å²) < 4.78 is 10.2. The van der Waals surface area contributed by atoms with Gasteiger partial charge in [0, 0.05) is 6.07 Å². The molecule has 0 radical (unpaired) electrons. The van der Waals surface area contributed by atoms with Crippen molar-refractivity contribution in [3.05, 3.63) is 36.8 Å². The molecule has 0 aliphatic heterocycles. The molecule has 4 heteroatoms. The molecule has 2 heterocycles. The van der Waals surface area contributed by atoms with Crippen LogP contribution in [0.3, 0.4) is 0 Å². The first-order valence-corrected chi connectivity index (χ1v) is 4.93. The molecule has 0 spiro atoms. The summed E-state index contributed by atoms with van der Waals surface area (Å²) in [5.41, 5.74) is 2.81. The van der Waals surface area contributed by atoms with E-state index in [2.05, 4.69) is 9.97 Å². The van der Waals surface area contributed by atoms with Gasteiger partial charge in [-0.3, -0.25) is 0 Å². The van der Waals surface area contributed by atoms with Gasteiger partial charge in [-0.25, -0.2) is 4.98 Å². The van der Waals surface area contributed by atoms with Gasteiger partial charge in [-0.05, 0) is 18.2 Å². The molecule has 3 rings (SSSR count). The van der Waals surface area contributed by atoms with Crippen LogP contribution in [0.2, 0.25) is 0 Å². The third-order valence-corrected chi connectivity index (χ3v) is 2.48. The Morgan fingerprint density at radius 3 is 3.00 bits per heavy atom. The van der Waals surface area contributed by atoms with Crippen molar-refractivity contribution in [3.8, 4) is 17.1 Å². The summed E-state index contributed by atoms with van der Waals surface area (Å²) in [6, 6.07) is 7.61. The van der Waals surface area contributed by atoms with Gasteiger partial charge in [0.25, 0.3) is 0 Å². The van der Waals surface area contributed by atoms with E-state index < -0.39 is 0 Å². The van der Waals surface area contributed by atoms with Crippen LogP contribution < -0.4 is 4.74 Å². The minimum Gasteiger partial charge on any atom is -0.497 e. The summed E-state index contributed by atoms with van der Waals surface area (Å²) >= 11 is 0. The second-order valence-electron chi connectivity index (χ2n) is 3.48. The minimum atomic E-state index is 0.803. The fraction of sp³-hybridized carbons (Fsp3) is 0.0833. The molecule has 0 aliphatic carbocycles. The second kappa shape index (κ2) is 3.41. The van der Waals surface area contributed by atoms with Crippen molar-refractivity contribution >= 4 is 11.0 Å². The SMILES string of the molecule is COc1ccc2nc(-c3ccoc3)[nH]c2c1. The van der Waals surface area contributed by atoms with Gasteiger partial charge in [-0.1, -0.05) is 0 Å². The van der Waals surface area contributed by atoms with Crippen molar-refractivity contribution in [3.63, 3.8) is 0 Å². The Kier molecular flexibility index (Phi) is 1.93. The summed E-state index contributed by atoms with van der Waals surface area (Å²) in [5.74, 6) is 1.62. The Labute approximate surface area is 91.9 Å². The molecule has 0 unspecified atom stereocenters. The zero-order valence-corrected chi connectivity index (χ0v) is 8.73. The van der Waals surface area contributed by atoms with Gasteiger partial charge < -0.3 is 14.1 Å². The molecule has 16 heavy (non-hydrogen) atoms. The Morgan fingerprint density at radius 1 is 1.31 bits per heavy atom. The predicted molar refractivity (Wildman–Crippen MR) is 60.3 cm³/mol. The van der Waals surface area contributed by atoms with E-state index in [1.807, 2.05) is 24.3 Å². The average molecular weight is 214 g/mol. The quantitative estimate of drug-likeness (QED) is 0.713. The lowest BCUT2D eigenvalue weighted by atomic mass is 10.3. The van der Waals surface area contributed by atoms with Gasteiger partial charge in [0.15, 0.2) is 0 Å². The van der Waals surface area contributed by atoms with Crippen molar-refractivity contribution in [1.82, 2.24) is 9.97 Å². The highest BCUT2D eigenvalue weighted by atomic mass is 16.5. The highest BCUT2D eigenvalue weighted by molar-refractivity contribution is 5.80. The third-order valence-electron chi connectivity index (χ3n) is 2.48. The lowest BCUT2D eigenvalue weighted by molar-refractivity contribution is 0.415. The van der Waals surface area contributed by atoms with Crippen LogP contribution in [0, 0.1) is 0 Å². The Morgan fingerprint density at radius 2 is 2.25 bits per heavy atom. The topological polar surface area (TPSA) is 51.1 Å². The Hall–Kier alpha value is -2.23. The first-order valence-electron chi connectivity index (χ1n) is 4.93. The summed E-state index contributed by atoms with van der Waals surface area (Å²) in [7, 11) is 1.65. The molecule has 0 fully saturated rings. The first kappa shape index (κ1) is 9.03. The van der Waals surface area contributed by atoms with Crippen LogP contribution in [0.5, 0.6) is 5.75 Å². The maximum Gasteiger partial charge on any atom is 0.141 e. The molecule has 0 amide bonds. The number of rotatable bonds is 2. The van der Waals surface area contributed by atoms with Gasteiger partial charge in [0.2, 0.25) is 0 Å². The van der Waals surface area contributed by atoms with E-state index >= 15 is 0 Å². The summed E-state index contributed by atoms with van der Waals surface area (Å²) in [5, 5.41) is 0. The normalized spacial score (nSPS) is 10.8. The van der Waals surface area contributed by atoms with E-state index in [-0.39, 0.29) is 0 Å². The lowest BCUT2D eigenvalue weighted by Gasteiger charge is -1.96. The van der Waals surface area contributed by atoms with E-state index in [0.717, 1.165) is 28.2 Å². The largest absolute Gasteiger partial charge is 0.497 e. The van der Waals surface area contributed by atoms with E-state index in [0.29, 0.717) is 0 Å². The molecule has 3 aromatic rings. The molecular formula is C12H10N2O2. The van der Waals surface area contributed by atoms with Crippen LogP contribution in [-0.2, 0) is 0 Å². The van der Waals surface area contributed by atoms with Gasteiger partial charge in [0.05, 0.1) is 30.0 Å². The molecule has 2 aromatic heterocycles. The molecule has 1 aromatic carbocycles. The van der Waals surface area contributed by atoms with Gasteiger partial charge in [-0.15, -0.1) is 0 Å². The number of furan rings is 1. The molecule has 0 saturated carbocycles. The number of hydrogen-bond donors (Lipinski definition) is 1. The second-order valence-corrected chi connectivity index (χ2v) is 3.48. The Balaban J connectivity index is 2.16. The third kappa shape index (κ3) is 1.35. The first-order chi connectivity index (χ1) is 7.86. The number of imidazole rings is 1. The zero-order valence-electron chi connectivity index (χ0n) is 8.73. The van der Waals surface area contributed by atoms with Crippen molar-refractivity contribution in [2.75, 3.05) is 7.11 Å². The molecule has 4 nitrogen and oxygen atoms in total. The number of nitrogens with zero attached hydrogens (tertiary/aromatic N) is 1. The summed E-state index contributed by atoms with van der Waals surface area (Å²) in [6.07, 6.45) is 3.29. The van der Waals surface area contributed by atoms with E-state index in [1.54, 1.807) is 19.6 Å². The van der Waals surface area contributed by atoms with Crippen LogP contribution >= 0.6 is 0 Å². The van der Waals surface area contributed by atoms with E-state index in [9.17, 15) is 0 Å².